The van der Waals surface area contributed by atoms with Gasteiger partial charge in [-0.2, -0.15) is 0 Å². The highest BCUT2D eigenvalue weighted by molar-refractivity contribution is 5.76. The van der Waals surface area contributed by atoms with Crippen LogP contribution in [0.15, 0.2) is 61.3 Å². The third kappa shape index (κ3) is 4.04. The number of rotatable bonds is 6. The van der Waals surface area contributed by atoms with Crippen LogP contribution in [-0.4, -0.2) is 20.4 Å². The molecule has 122 valence electrons. The zero-order valence-corrected chi connectivity index (χ0v) is 13.0. The molecule has 0 aliphatic carbocycles. The average molecular weight is 324 g/mol. The molecular weight excluding hydrogens is 307 g/mol. The zero-order valence-electron chi connectivity index (χ0n) is 13.0. The SMILES string of the molecule is O=C(CCc1ccccc1F)NCc1ccc(-n2ccnc2)nc1. The van der Waals surface area contributed by atoms with E-state index in [1.165, 1.54) is 6.07 Å². The lowest BCUT2D eigenvalue weighted by molar-refractivity contribution is -0.121. The summed E-state index contributed by atoms with van der Waals surface area (Å²) >= 11 is 0. The minimum Gasteiger partial charge on any atom is -0.352 e. The van der Waals surface area contributed by atoms with Gasteiger partial charge in [0.1, 0.15) is 18.0 Å². The first-order valence-corrected chi connectivity index (χ1v) is 7.66. The van der Waals surface area contributed by atoms with Gasteiger partial charge >= 0.3 is 0 Å². The van der Waals surface area contributed by atoms with Crippen LogP contribution in [0.4, 0.5) is 4.39 Å². The van der Waals surface area contributed by atoms with Crippen LogP contribution < -0.4 is 5.32 Å². The predicted molar refractivity (Wildman–Crippen MR) is 87.9 cm³/mol. The van der Waals surface area contributed by atoms with Crippen molar-refractivity contribution in [3.63, 3.8) is 0 Å². The Balaban J connectivity index is 1.48. The largest absolute Gasteiger partial charge is 0.352 e. The van der Waals surface area contributed by atoms with Crippen LogP contribution in [-0.2, 0) is 17.8 Å². The van der Waals surface area contributed by atoms with Gasteiger partial charge in [-0.25, -0.2) is 14.4 Å². The molecule has 2 heterocycles. The number of aromatic nitrogens is 3. The monoisotopic (exact) mass is 324 g/mol. The van der Waals surface area contributed by atoms with E-state index in [2.05, 4.69) is 15.3 Å². The summed E-state index contributed by atoms with van der Waals surface area (Å²) in [5.74, 6) is 0.378. The van der Waals surface area contributed by atoms with Crippen LogP contribution >= 0.6 is 0 Å². The van der Waals surface area contributed by atoms with Crippen molar-refractivity contribution in [2.75, 3.05) is 0 Å². The molecule has 0 saturated heterocycles. The van der Waals surface area contributed by atoms with Gasteiger partial charge in [0.15, 0.2) is 0 Å². The van der Waals surface area contributed by atoms with Crippen molar-refractivity contribution < 1.29 is 9.18 Å². The fraction of sp³-hybridized carbons (Fsp3) is 0.167. The van der Waals surface area contributed by atoms with E-state index < -0.39 is 0 Å². The molecule has 0 spiro atoms. The van der Waals surface area contributed by atoms with Crippen molar-refractivity contribution in [1.82, 2.24) is 19.9 Å². The molecule has 0 aliphatic rings. The van der Waals surface area contributed by atoms with Gasteiger partial charge in [-0.05, 0) is 29.7 Å². The van der Waals surface area contributed by atoms with E-state index in [1.54, 1.807) is 41.5 Å². The lowest BCUT2D eigenvalue weighted by Gasteiger charge is -2.07. The van der Waals surface area contributed by atoms with E-state index in [1.807, 2.05) is 18.3 Å². The molecule has 2 aromatic heterocycles. The quantitative estimate of drug-likeness (QED) is 0.758. The zero-order chi connectivity index (χ0) is 16.8. The fourth-order valence-electron chi connectivity index (χ4n) is 2.31. The van der Waals surface area contributed by atoms with Crippen molar-refractivity contribution in [2.24, 2.45) is 0 Å². The van der Waals surface area contributed by atoms with Gasteiger partial charge in [0.25, 0.3) is 0 Å². The minimum atomic E-state index is -0.274. The van der Waals surface area contributed by atoms with Gasteiger partial charge in [-0.15, -0.1) is 0 Å². The molecule has 1 amide bonds. The van der Waals surface area contributed by atoms with Crippen molar-refractivity contribution in [3.8, 4) is 5.82 Å². The predicted octanol–water partition coefficient (Wildman–Crippen LogP) is 2.66. The highest BCUT2D eigenvalue weighted by Crippen LogP contribution is 2.09. The standard InChI is InChI=1S/C18H17FN4O/c19-16-4-2-1-3-15(16)6-8-18(24)22-12-14-5-7-17(21-11-14)23-10-9-20-13-23/h1-5,7,9-11,13H,6,8,12H2,(H,22,24). The molecule has 1 N–H and O–H groups in total. The summed E-state index contributed by atoms with van der Waals surface area (Å²) in [4.78, 5) is 20.2. The van der Waals surface area contributed by atoms with Crippen molar-refractivity contribution in [2.45, 2.75) is 19.4 Å². The maximum atomic E-state index is 13.5. The molecular formula is C18H17FN4O. The molecule has 3 aromatic rings. The Bertz CT molecular complexity index is 800. The summed E-state index contributed by atoms with van der Waals surface area (Å²) in [6.45, 7) is 0.396. The summed E-state index contributed by atoms with van der Waals surface area (Å²) in [6.07, 6.45) is 7.52. The highest BCUT2D eigenvalue weighted by atomic mass is 19.1. The molecule has 0 fully saturated rings. The van der Waals surface area contributed by atoms with Crippen LogP contribution in [0, 0.1) is 5.82 Å². The average Bonchev–Trinajstić information content (AvgIpc) is 3.14. The number of nitrogens with zero attached hydrogens (tertiary/aromatic N) is 3. The Morgan fingerprint density at radius 3 is 2.79 bits per heavy atom. The van der Waals surface area contributed by atoms with Crippen molar-refractivity contribution in [1.29, 1.82) is 0 Å². The number of amides is 1. The second kappa shape index (κ2) is 7.50. The number of carbonyl (C=O) groups excluding carboxylic acids is 1. The Morgan fingerprint density at radius 1 is 1.21 bits per heavy atom. The molecule has 0 unspecified atom stereocenters. The normalized spacial score (nSPS) is 10.5. The lowest BCUT2D eigenvalue weighted by atomic mass is 10.1. The van der Waals surface area contributed by atoms with E-state index in [-0.39, 0.29) is 18.1 Å². The number of aryl methyl sites for hydroxylation is 1. The van der Waals surface area contributed by atoms with Gasteiger partial charge in [0.05, 0.1) is 0 Å². The Labute approximate surface area is 139 Å². The first-order valence-electron chi connectivity index (χ1n) is 7.66. The maximum absolute atomic E-state index is 13.5. The van der Waals surface area contributed by atoms with E-state index >= 15 is 0 Å². The number of imidazole rings is 1. The second-order valence-corrected chi connectivity index (χ2v) is 5.36. The van der Waals surface area contributed by atoms with Crippen LogP contribution in [0.5, 0.6) is 0 Å². The van der Waals surface area contributed by atoms with Crippen LogP contribution in [0.1, 0.15) is 17.5 Å². The summed E-state index contributed by atoms with van der Waals surface area (Å²) in [5, 5.41) is 2.82. The number of carbonyl (C=O) groups is 1. The molecule has 5 nitrogen and oxygen atoms in total. The molecule has 0 radical (unpaired) electrons. The molecule has 1 aromatic carbocycles. The number of hydrogen-bond donors (Lipinski definition) is 1. The third-order valence-corrected chi connectivity index (χ3v) is 3.65. The summed E-state index contributed by atoms with van der Waals surface area (Å²) in [7, 11) is 0. The molecule has 0 saturated carbocycles. The Morgan fingerprint density at radius 2 is 2.08 bits per heavy atom. The van der Waals surface area contributed by atoms with E-state index in [0.717, 1.165) is 11.4 Å². The van der Waals surface area contributed by atoms with Crippen LogP contribution in [0.3, 0.4) is 0 Å². The summed E-state index contributed by atoms with van der Waals surface area (Å²) < 4.78 is 15.3. The second-order valence-electron chi connectivity index (χ2n) is 5.36. The number of benzene rings is 1. The first kappa shape index (κ1) is 15.9. The smallest absolute Gasteiger partial charge is 0.220 e. The highest BCUT2D eigenvalue weighted by Gasteiger charge is 2.06. The summed E-state index contributed by atoms with van der Waals surface area (Å²) in [6, 6.07) is 10.3. The van der Waals surface area contributed by atoms with Gasteiger partial charge in [0, 0.05) is 31.6 Å². The maximum Gasteiger partial charge on any atom is 0.220 e. The number of pyridine rings is 1. The third-order valence-electron chi connectivity index (χ3n) is 3.65. The lowest BCUT2D eigenvalue weighted by Crippen LogP contribution is -2.23. The van der Waals surface area contributed by atoms with Gasteiger partial charge < -0.3 is 5.32 Å². The number of halogens is 1. The topological polar surface area (TPSA) is 59.8 Å². The number of nitrogens with one attached hydrogen (secondary N) is 1. The van der Waals surface area contributed by atoms with Crippen LogP contribution in [0.25, 0.3) is 5.82 Å². The minimum absolute atomic E-state index is 0.114. The van der Waals surface area contributed by atoms with E-state index in [4.69, 9.17) is 0 Å². The fourth-order valence-corrected chi connectivity index (χ4v) is 2.31. The molecule has 0 aliphatic heterocycles. The van der Waals surface area contributed by atoms with Crippen molar-refractivity contribution in [3.05, 3.63) is 78.3 Å². The van der Waals surface area contributed by atoms with E-state index in [0.29, 0.717) is 18.5 Å². The molecule has 0 bridgehead atoms. The molecule has 6 heteroatoms. The Kier molecular flexibility index (Phi) is 4.96. The molecule has 0 atom stereocenters. The van der Waals surface area contributed by atoms with Gasteiger partial charge in [-0.1, -0.05) is 24.3 Å². The molecule has 3 rings (SSSR count). The van der Waals surface area contributed by atoms with E-state index in [9.17, 15) is 9.18 Å². The van der Waals surface area contributed by atoms with Crippen molar-refractivity contribution >= 4 is 5.91 Å². The Hall–Kier alpha value is -3.02. The molecule has 24 heavy (non-hydrogen) atoms. The summed E-state index contributed by atoms with van der Waals surface area (Å²) in [5.41, 5.74) is 1.46. The first-order chi connectivity index (χ1) is 11.7. The van der Waals surface area contributed by atoms with Crippen LogP contribution in [0.2, 0.25) is 0 Å². The van der Waals surface area contributed by atoms with Gasteiger partial charge in [-0.3, -0.25) is 9.36 Å². The van der Waals surface area contributed by atoms with Gasteiger partial charge in [0.2, 0.25) is 5.91 Å². The number of hydrogen-bond acceptors (Lipinski definition) is 3.